The van der Waals surface area contributed by atoms with Crippen LogP contribution in [0.2, 0.25) is 0 Å². The van der Waals surface area contributed by atoms with Crippen LogP contribution in [0.3, 0.4) is 0 Å². The molecule has 98 valence electrons. The van der Waals surface area contributed by atoms with E-state index in [0.717, 1.165) is 6.04 Å². The molecule has 2 aliphatic rings. The first-order chi connectivity index (χ1) is 9.24. The summed E-state index contributed by atoms with van der Waals surface area (Å²) in [5.41, 5.74) is 4.22. The van der Waals surface area contributed by atoms with Crippen molar-refractivity contribution >= 4 is 16.3 Å². The smallest absolute Gasteiger partial charge is 0.0351 e. The van der Waals surface area contributed by atoms with Crippen LogP contribution >= 0.6 is 0 Å². The van der Waals surface area contributed by atoms with E-state index in [9.17, 15) is 0 Å². The van der Waals surface area contributed by atoms with Crippen LogP contribution in [0.5, 0.6) is 0 Å². The van der Waals surface area contributed by atoms with E-state index in [1.807, 2.05) is 0 Å². The molecule has 0 amide bonds. The van der Waals surface area contributed by atoms with Crippen LogP contribution in [-0.2, 0) is 0 Å². The minimum absolute atomic E-state index is 0.635. The number of benzene rings is 1. The second kappa shape index (κ2) is 3.97. The van der Waals surface area contributed by atoms with Gasteiger partial charge >= 0.3 is 0 Å². The molecule has 1 saturated heterocycles. The van der Waals surface area contributed by atoms with Crippen molar-refractivity contribution in [1.29, 1.82) is 0 Å². The van der Waals surface area contributed by atoms with E-state index in [1.54, 1.807) is 5.57 Å². The zero-order valence-electron chi connectivity index (χ0n) is 11.6. The van der Waals surface area contributed by atoms with Gasteiger partial charge < -0.3 is 4.98 Å². The van der Waals surface area contributed by atoms with Crippen LogP contribution in [0.15, 0.2) is 30.5 Å². The number of aromatic nitrogens is 1. The van der Waals surface area contributed by atoms with Crippen LogP contribution in [-0.4, -0.2) is 29.0 Å². The molecule has 2 bridgehead atoms. The predicted molar refractivity (Wildman–Crippen MR) is 80.2 cm³/mol. The Morgan fingerprint density at radius 2 is 2.16 bits per heavy atom. The van der Waals surface area contributed by atoms with Crippen LogP contribution in [0.25, 0.3) is 16.3 Å². The summed E-state index contributed by atoms with van der Waals surface area (Å²) in [5.74, 6) is 0. The van der Waals surface area contributed by atoms with Gasteiger partial charge in [0, 0.05) is 29.4 Å². The summed E-state index contributed by atoms with van der Waals surface area (Å²) in [7, 11) is 2.29. The number of aryl methyl sites for hydroxylation is 1. The molecule has 1 aromatic carbocycles. The molecule has 2 heteroatoms. The summed E-state index contributed by atoms with van der Waals surface area (Å²) in [6.45, 7) is 2.15. The van der Waals surface area contributed by atoms with Gasteiger partial charge in [-0.15, -0.1) is 0 Å². The van der Waals surface area contributed by atoms with Gasteiger partial charge in [0.1, 0.15) is 0 Å². The third-order valence-electron chi connectivity index (χ3n) is 5.04. The second-order valence-electron chi connectivity index (χ2n) is 6.02. The molecule has 4 rings (SSSR count). The van der Waals surface area contributed by atoms with Gasteiger partial charge in [0.05, 0.1) is 0 Å². The van der Waals surface area contributed by atoms with Crippen molar-refractivity contribution in [2.75, 3.05) is 7.05 Å². The zero-order chi connectivity index (χ0) is 13.0. The fourth-order valence-electron chi connectivity index (χ4n) is 3.83. The average molecular weight is 252 g/mol. The van der Waals surface area contributed by atoms with Gasteiger partial charge in [-0.1, -0.05) is 18.2 Å². The van der Waals surface area contributed by atoms with E-state index in [0.29, 0.717) is 6.04 Å². The summed E-state index contributed by atoms with van der Waals surface area (Å²) >= 11 is 0. The first-order valence-electron chi connectivity index (χ1n) is 7.24. The number of hydrogen-bond acceptors (Lipinski definition) is 1. The second-order valence-corrected chi connectivity index (χ2v) is 6.02. The van der Waals surface area contributed by atoms with Crippen LogP contribution < -0.4 is 0 Å². The normalized spacial score (nSPS) is 26.9. The molecule has 2 aromatic rings. The van der Waals surface area contributed by atoms with Crippen molar-refractivity contribution in [3.63, 3.8) is 0 Å². The van der Waals surface area contributed by atoms with E-state index in [1.165, 1.54) is 41.3 Å². The number of hydrogen-bond donors (Lipinski definition) is 1. The van der Waals surface area contributed by atoms with E-state index in [4.69, 9.17) is 0 Å². The van der Waals surface area contributed by atoms with Crippen molar-refractivity contribution in [1.82, 2.24) is 9.88 Å². The summed E-state index contributed by atoms with van der Waals surface area (Å²) in [5, 5.41) is 2.68. The Morgan fingerprint density at radius 1 is 1.26 bits per heavy atom. The van der Waals surface area contributed by atoms with Gasteiger partial charge in [0.25, 0.3) is 0 Å². The molecular formula is C17H20N2. The lowest BCUT2D eigenvalue weighted by molar-refractivity contribution is 0.267. The molecule has 1 fully saturated rings. The molecule has 2 atom stereocenters. The van der Waals surface area contributed by atoms with E-state index < -0.39 is 0 Å². The first kappa shape index (κ1) is 11.3. The number of aromatic amines is 1. The minimum Gasteiger partial charge on any atom is -0.364 e. The lowest BCUT2D eigenvalue weighted by atomic mass is 9.93. The minimum atomic E-state index is 0.635. The summed E-state index contributed by atoms with van der Waals surface area (Å²) in [6.07, 6.45) is 8.46. The Balaban J connectivity index is 1.82. The Kier molecular flexibility index (Phi) is 2.36. The quantitative estimate of drug-likeness (QED) is 0.819. The summed E-state index contributed by atoms with van der Waals surface area (Å²) in [6, 6.07) is 8.31. The van der Waals surface area contributed by atoms with Crippen molar-refractivity contribution in [3.8, 4) is 0 Å². The van der Waals surface area contributed by atoms with Crippen molar-refractivity contribution in [2.24, 2.45) is 0 Å². The first-order valence-corrected chi connectivity index (χ1v) is 7.24. The standard InChI is InChI=1S/C17H20N2/c1-11-16-9-12(3-4-13(16)10-18-11)15-7-5-14-6-8-17(15)19(14)2/h3-4,7,9-10,14,17-18H,5-6,8H2,1-2H3. The van der Waals surface area contributed by atoms with E-state index in [2.05, 4.69) is 54.3 Å². The molecule has 1 aromatic heterocycles. The maximum Gasteiger partial charge on any atom is 0.0351 e. The molecule has 0 spiro atoms. The highest BCUT2D eigenvalue weighted by Crippen LogP contribution is 2.39. The number of likely N-dealkylation sites (N-methyl/N-ethyl adjacent to an activating group) is 1. The molecule has 2 unspecified atom stereocenters. The largest absolute Gasteiger partial charge is 0.364 e. The topological polar surface area (TPSA) is 19.0 Å². The maximum atomic E-state index is 3.32. The number of nitrogens with one attached hydrogen (secondary N) is 1. The molecule has 0 saturated carbocycles. The predicted octanol–water partition coefficient (Wildman–Crippen LogP) is 3.73. The summed E-state index contributed by atoms with van der Waals surface area (Å²) < 4.78 is 0. The van der Waals surface area contributed by atoms with Gasteiger partial charge in [-0.05, 0) is 55.8 Å². The van der Waals surface area contributed by atoms with Crippen LogP contribution in [0, 0.1) is 6.92 Å². The fourth-order valence-corrected chi connectivity index (χ4v) is 3.83. The highest BCUT2D eigenvalue weighted by Gasteiger charge is 2.35. The van der Waals surface area contributed by atoms with Gasteiger partial charge in [-0.3, -0.25) is 4.90 Å². The highest BCUT2D eigenvalue weighted by atomic mass is 15.2. The number of rotatable bonds is 1. The maximum absolute atomic E-state index is 3.32. The van der Waals surface area contributed by atoms with E-state index >= 15 is 0 Å². The zero-order valence-corrected chi connectivity index (χ0v) is 11.6. The Labute approximate surface area is 114 Å². The van der Waals surface area contributed by atoms with Crippen LogP contribution in [0.1, 0.15) is 30.5 Å². The molecule has 3 heterocycles. The Hall–Kier alpha value is -1.54. The molecule has 0 aliphatic carbocycles. The lowest BCUT2D eigenvalue weighted by Crippen LogP contribution is -2.35. The molecular weight excluding hydrogens is 232 g/mol. The van der Waals surface area contributed by atoms with Crippen molar-refractivity contribution < 1.29 is 0 Å². The van der Waals surface area contributed by atoms with E-state index in [-0.39, 0.29) is 0 Å². The number of nitrogens with zero attached hydrogens (tertiary/aromatic N) is 1. The lowest BCUT2D eigenvalue weighted by Gasteiger charge is -2.32. The van der Waals surface area contributed by atoms with Crippen molar-refractivity contribution in [2.45, 2.75) is 38.3 Å². The van der Waals surface area contributed by atoms with Gasteiger partial charge in [-0.25, -0.2) is 0 Å². The van der Waals surface area contributed by atoms with Crippen LogP contribution in [0.4, 0.5) is 0 Å². The average Bonchev–Trinajstić information content (AvgIpc) is 2.87. The fraction of sp³-hybridized carbons (Fsp3) is 0.412. The third-order valence-corrected chi connectivity index (χ3v) is 5.04. The number of H-pyrrole nitrogens is 1. The molecule has 1 N–H and O–H groups in total. The molecule has 19 heavy (non-hydrogen) atoms. The summed E-state index contributed by atoms with van der Waals surface area (Å²) in [4.78, 5) is 5.89. The van der Waals surface area contributed by atoms with Gasteiger partial charge in [-0.2, -0.15) is 0 Å². The number of fused-ring (bicyclic) bond motifs is 3. The highest BCUT2D eigenvalue weighted by molar-refractivity contribution is 5.89. The molecule has 2 aliphatic heterocycles. The van der Waals surface area contributed by atoms with Crippen molar-refractivity contribution in [3.05, 3.63) is 41.7 Å². The Morgan fingerprint density at radius 3 is 3.05 bits per heavy atom. The third kappa shape index (κ3) is 1.59. The van der Waals surface area contributed by atoms with Gasteiger partial charge in [0.2, 0.25) is 0 Å². The van der Waals surface area contributed by atoms with Gasteiger partial charge in [0.15, 0.2) is 0 Å². The molecule has 2 nitrogen and oxygen atoms in total. The monoisotopic (exact) mass is 252 g/mol. The molecule has 0 radical (unpaired) electrons. The SMILES string of the molecule is Cc1[nH]cc2ccc(C3=CCC4CCC3N4C)cc12. The Bertz CT molecular complexity index is 665.